The normalized spacial score (nSPS) is 22.4. The summed E-state index contributed by atoms with van der Waals surface area (Å²) in [6.45, 7) is 4.04. The van der Waals surface area contributed by atoms with Gasteiger partial charge in [-0.25, -0.2) is 14.6 Å². The number of imide groups is 1. The average molecular weight is 798 g/mol. The number of rotatable bonds is 12. The molecular weight excluding hydrogens is 751 g/mol. The highest BCUT2D eigenvalue weighted by atomic mass is 16.5. The van der Waals surface area contributed by atoms with Crippen LogP contribution in [0.2, 0.25) is 0 Å². The molecule has 1 atom stereocenters. The van der Waals surface area contributed by atoms with Crippen LogP contribution in [0.5, 0.6) is 0 Å². The first-order chi connectivity index (χ1) is 28.8. The second kappa shape index (κ2) is 15.3. The van der Waals surface area contributed by atoms with E-state index < -0.39 is 6.04 Å². The Morgan fingerprint density at radius 3 is 2.58 bits per heavy atom. The van der Waals surface area contributed by atoms with Gasteiger partial charge in [0.1, 0.15) is 35.3 Å². The van der Waals surface area contributed by atoms with Crippen LogP contribution in [0.1, 0.15) is 109 Å². The molecule has 1 aromatic carbocycles. The molecule has 2 aliphatic carbocycles. The molecule has 2 saturated carbocycles. The van der Waals surface area contributed by atoms with E-state index in [0.717, 1.165) is 80.7 Å². The molecule has 16 heteroatoms. The Kier molecular flexibility index (Phi) is 9.65. The number of piperidine rings is 2. The lowest BCUT2D eigenvalue weighted by Gasteiger charge is -2.34. The van der Waals surface area contributed by atoms with Crippen LogP contribution in [0.3, 0.4) is 0 Å². The molecule has 16 nitrogen and oxygen atoms in total. The minimum atomic E-state index is -0.599. The highest BCUT2D eigenvalue weighted by Gasteiger charge is 2.41. The second-order valence-corrected chi connectivity index (χ2v) is 16.8. The quantitative estimate of drug-likeness (QED) is 0.118. The Bertz CT molecular complexity index is 2450. The molecule has 5 aliphatic rings. The van der Waals surface area contributed by atoms with Gasteiger partial charge in [-0.2, -0.15) is 5.10 Å². The Morgan fingerprint density at radius 2 is 1.80 bits per heavy atom. The first-order valence-electron chi connectivity index (χ1n) is 21.0. The summed E-state index contributed by atoms with van der Waals surface area (Å²) in [7, 11) is 0. The number of nitrogens with two attached hydrogens (primary N) is 1. The molecule has 10 rings (SSSR count). The van der Waals surface area contributed by atoms with E-state index in [4.69, 9.17) is 15.4 Å². The van der Waals surface area contributed by atoms with Crippen LogP contribution in [-0.4, -0.2) is 95.5 Å². The maximum atomic E-state index is 13.2. The van der Waals surface area contributed by atoms with Crippen LogP contribution in [0.25, 0.3) is 33.7 Å². The molecule has 0 bridgehead atoms. The number of carbonyl (C=O) groups excluding carboxylic acids is 4. The topological polar surface area (TPSA) is 207 Å². The molecule has 0 radical (unpaired) electrons. The summed E-state index contributed by atoms with van der Waals surface area (Å²) in [6.07, 6.45) is 11.2. The fraction of sp³-hybridized carbons (Fsp3) is 0.465. The number of aromatic nitrogens is 6. The number of likely N-dealkylation sites (tertiary alicyclic amines) is 1. The van der Waals surface area contributed by atoms with E-state index in [1.165, 1.54) is 11.9 Å². The summed E-state index contributed by atoms with van der Waals surface area (Å²) in [4.78, 5) is 68.0. The highest BCUT2D eigenvalue weighted by Crippen LogP contribution is 2.49. The number of nitrogen functional groups attached to an aromatic ring is 1. The van der Waals surface area contributed by atoms with Crippen molar-refractivity contribution in [3.8, 4) is 22.6 Å². The molecule has 5 aromatic rings. The van der Waals surface area contributed by atoms with Crippen LogP contribution in [0, 0.1) is 5.92 Å². The Labute approximate surface area is 340 Å². The van der Waals surface area contributed by atoms with Gasteiger partial charge in [0.05, 0.1) is 22.7 Å². The summed E-state index contributed by atoms with van der Waals surface area (Å²) in [5, 5.41) is 15.7. The van der Waals surface area contributed by atoms with Crippen molar-refractivity contribution >= 4 is 40.5 Å². The van der Waals surface area contributed by atoms with Gasteiger partial charge in [0.2, 0.25) is 17.7 Å². The molecule has 1 unspecified atom stereocenters. The van der Waals surface area contributed by atoms with Crippen molar-refractivity contribution in [3.63, 3.8) is 0 Å². The van der Waals surface area contributed by atoms with E-state index in [9.17, 15) is 19.2 Å². The first-order valence-corrected chi connectivity index (χ1v) is 21.0. The van der Waals surface area contributed by atoms with Gasteiger partial charge in [0.15, 0.2) is 5.65 Å². The number of hydrogen-bond acceptors (Lipinski definition) is 12. The van der Waals surface area contributed by atoms with Crippen molar-refractivity contribution in [1.29, 1.82) is 0 Å². The molecule has 0 spiro atoms. The number of hydrogen-bond donors (Lipinski definition) is 3. The minimum Gasteiger partial charge on any atom is -0.383 e. The molecule has 4 aromatic heterocycles. The van der Waals surface area contributed by atoms with Crippen molar-refractivity contribution in [3.05, 3.63) is 71.4 Å². The molecule has 7 heterocycles. The smallest absolute Gasteiger partial charge is 0.255 e. The number of unbranched alkanes of at least 4 members (excludes halogenated alkanes) is 1. The predicted octanol–water partition coefficient (Wildman–Crippen LogP) is 4.49. The average Bonchev–Trinajstić information content (AvgIpc) is 3.74. The van der Waals surface area contributed by atoms with Gasteiger partial charge < -0.3 is 25.4 Å². The Hall–Kier alpha value is -6.03. The lowest BCUT2D eigenvalue weighted by atomic mass is 9.79. The zero-order chi connectivity index (χ0) is 40.2. The first kappa shape index (κ1) is 37.3. The van der Waals surface area contributed by atoms with Crippen molar-refractivity contribution < 1.29 is 23.7 Å². The highest BCUT2D eigenvalue weighted by molar-refractivity contribution is 6.05. The van der Waals surface area contributed by atoms with Crippen LogP contribution in [-0.2, 0) is 20.9 Å². The lowest BCUT2D eigenvalue weighted by Crippen LogP contribution is -2.52. The number of fused-ring (bicyclic) bond motifs is 2. The number of amides is 4. The van der Waals surface area contributed by atoms with Gasteiger partial charge >= 0.3 is 0 Å². The summed E-state index contributed by atoms with van der Waals surface area (Å²) in [5.74, 6) is 1.04. The van der Waals surface area contributed by atoms with E-state index in [1.807, 2.05) is 28.9 Å². The van der Waals surface area contributed by atoms with Crippen LogP contribution >= 0.6 is 0 Å². The molecule has 59 heavy (non-hydrogen) atoms. The standard InChI is InChI=1S/C43H47N11O5/c44-39-35-36(37-34(31-5-1-2-14-45-31)38(59-51-37)25-6-7-25)50-54(40(35)48-23-47-39)29-20-27(21-29)41(56)46-15-3-4-16-52-17-12-24(13-18-52)26-8-9-30-28(19-26)22-53(43(30)58)32-10-11-33(55)49-42(32)57/h1-2,5,8-9,14,19,23-25,27,29,32H,3-4,6-7,10-13,15-18,20-22H2,(H,46,56)(H2,44,47,48)(H,49,55,57). The van der Waals surface area contributed by atoms with Crippen molar-refractivity contribution in [2.45, 2.75) is 94.7 Å². The third-order valence-corrected chi connectivity index (χ3v) is 13.0. The maximum Gasteiger partial charge on any atom is 0.255 e. The summed E-state index contributed by atoms with van der Waals surface area (Å²) in [6, 6.07) is 11.3. The number of nitrogens with one attached hydrogen (secondary N) is 2. The van der Waals surface area contributed by atoms with Crippen LogP contribution in [0.4, 0.5) is 5.82 Å². The van der Waals surface area contributed by atoms with E-state index in [1.54, 1.807) is 11.1 Å². The fourth-order valence-corrected chi connectivity index (χ4v) is 9.42. The zero-order valence-corrected chi connectivity index (χ0v) is 32.8. The van der Waals surface area contributed by atoms with Gasteiger partial charge in [-0.05, 0) is 113 Å². The minimum absolute atomic E-state index is 0.0147. The maximum absolute atomic E-state index is 13.2. The summed E-state index contributed by atoms with van der Waals surface area (Å²) < 4.78 is 7.80. The molecule has 2 saturated heterocycles. The van der Waals surface area contributed by atoms with E-state index >= 15 is 0 Å². The summed E-state index contributed by atoms with van der Waals surface area (Å²) >= 11 is 0. The number of nitrogens with zero attached hydrogens (tertiary/aromatic N) is 8. The largest absolute Gasteiger partial charge is 0.383 e. The van der Waals surface area contributed by atoms with Crippen molar-refractivity contribution in [2.24, 2.45) is 5.92 Å². The van der Waals surface area contributed by atoms with E-state index in [-0.39, 0.29) is 42.0 Å². The van der Waals surface area contributed by atoms with Gasteiger partial charge in [-0.1, -0.05) is 23.4 Å². The summed E-state index contributed by atoms with van der Waals surface area (Å²) in [5.41, 5.74) is 12.7. The van der Waals surface area contributed by atoms with Gasteiger partial charge in [0.25, 0.3) is 5.91 Å². The van der Waals surface area contributed by atoms with Crippen molar-refractivity contribution in [1.82, 2.24) is 50.3 Å². The third kappa shape index (κ3) is 7.02. The predicted molar refractivity (Wildman–Crippen MR) is 215 cm³/mol. The zero-order valence-electron chi connectivity index (χ0n) is 32.8. The molecular formula is C43H47N11O5. The van der Waals surface area contributed by atoms with Crippen LogP contribution in [0.15, 0.2) is 53.4 Å². The SMILES string of the molecule is Nc1ncnc2c1c(-c1noc(C3CC3)c1-c1ccccn1)nn2C1CC(C(=O)NCCCCN2CCC(c3ccc4c(c3)CN(C3CCC(=O)NC3=O)C4=O)CC2)C1. The third-order valence-electron chi connectivity index (χ3n) is 13.0. The molecule has 4 fully saturated rings. The second-order valence-electron chi connectivity index (χ2n) is 16.8. The van der Waals surface area contributed by atoms with Crippen molar-refractivity contribution in [2.75, 3.05) is 31.9 Å². The number of carbonyl (C=O) groups is 4. The lowest BCUT2D eigenvalue weighted by molar-refractivity contribution is -0.137. The number of benzene rings is 1. The molecule has 3 aliphatic heterocycles. The molecule has 4 N–H and O–H groups in total. The molecule has 304 valence electrons. The number of anilines is 1. The van der Waals surface area contributed by atoms with Gasteiger partial charge in [-0.15, -0.1) is 0 Å². The van der Waals surface area contributed by atoms with Crippen LogP contribution < -0.4 is 16.4 Å². The van der Waals surface area contributed by atoms with Gasteiger partial charge in [0, 0.05) is 43.1 Å². The molecule has 4 amide bonds. The van der Waals surface area contributed by atoms with Gasteiger partial charge in [-0.3, -0.25) is 29.5 Å². The van der Waals surface area contributed by atoms with E-state index in [0.29, 0.717) is 78.0 Å². The fourth-order valence-electron chi connectivity index (χ4n) is 9.42. The Balaban J connectivity index is 0.692. The monoisotopic (exact) mass is 797 g/mol. The van der Waals surface area contributed by atoms with E-state index in [2.05, 4.69) is 47.8 Å². The number of pyridine rings is 1. The Morgan fingerprint density at radius 1 is 0.949 bits per heavy atom.